The largest absolute Gasteiger partial charge is 0.378 e. The van der Waals surface area contributed by atoms with Gasteiger partial charge in [0.1, 0.15) is 5.82 Å². The molecular formula is C9H13ClN2O. The lowest BCUT2D eigenvalue weighted by atomic mass is 10.2. The third kappa shape index (κ3) is 2.23. The average Bonchev–Trinajstić information content (AvgIpc) is 2.76. The number of imidazole rings is 1. The van der Waals surface area contributed by atoms with Crippen molar-refractivity contribution in [3.63, 3.8) is 0 Å². The Morgan fingerprint density at radius 1 is 1.69 bits per heavy atom. The van der Waals surface area contributed by atoms with Crippen LogP contribution in [0.15, 0.2) is 6.20 Å². The van der Waals surface area contributed by atoms with Gasteiger partial charge in [-0.15, -0.1) is 11.6 Å². The molecule has 1 aromatic heterocycles. The van der Waals surface area contributed by atoms with Gasteiger partial charge in [0.15, 0.2) is 0 Å². The van der Waals surface area contributed by atoms with Crippen LogP contribution in [0.25, 0.3) is 0 Å². The van der Waals surface area contributed by atoms with E-state index in [1.54, 1.807) is 6.20 Å². The maximum absolute atomic E-state index is 5.65. The highest BCUT2D eigenvalue weighted by molar-refractivity contribution is 6.16. The quantitative estimate of drug-likeness (QED) is 0.757. The minimum absolute atomic E-state index is 0.356. The van der Waals surface area contributed by atoms with Crippen molar-refractivity contribution in [1.29, 1.82) is 0 Å². The lowest BCUT2D eigenvalue weighted by Gasteiger charge is -2.05. The molecule has 3 nitrogen and oxygen atoms in total. The first-order valence-corrected chi connectivity index (χ1v) is 5.12. The first-order valence-electron chi connectivity index (χ1n) is 4.59. The van der Waals surface area contributed by atoms with Gasteiger partial charge in [-0.3, -0.25) is 0 Å². The van der Waals surface area contributed by atoms with Crippen LogP contribution in [0.4, 0.5) is 0 Å². The molecule has 2 rings (SSSR count). The second kappa shape index (κ2) is 4.11. The van der Waals surface area contributed by atoms with E-state index < -0.39 is 0 Å². The standard InChI is InChI=1S/C9H13ClN2O/c10-5-7-6-11-9(12-7)4-8-2-1-3-13-8/h6,8H,1-5H2,(H,11,12). The maximum atomic E-state index is 5.65. The molecule has 1 aliphatic rings. The van der Waals surface area contributed by atoms with Crippen LogP contribution >= 0.6 is 11.6 Å². The normalized spacial score (nSPS) is 22.4. The molecule has 1 unspecified atom stereocenters. The number of rotatable bonds is 3. The van der Waals surface area contributed by atoms with Crippen molar-refractivity contribution in [3.8, 4) is 0 Å². The van der Waals surface area contributed by atoms with Gasteiger partial charge in [-0.1, -0.05) is 0 Å². The maximum Gasteiger partial charge on any atom is 0.108 e. The van der Waals surface area contributed by atoms with E-state index in [4.69, 9.17) is 16.3 Å². The number of nitrogens with one attached hydrogen (secondary N) is 1. The Labute approximate surface area is 82.5 Å². The van der Waals surface area contributed by atoms with Crippen molar-refractivity contribution < 1.29 is 4.74 Å². The summed E-state index contributed by atoms with van der Waals surface area (Å²) in [4.78, 5) is 7.40. The second-order valence-electron chi connectivity index (χ2n) is 3.33. The Morgan fingerprint density at radius 2 is 2.62 bits per heavy atom. The number of hydrogen-bond acceptors (Lipinski definition) is 2. The molecular weight excluding hydrogens is 188 g/mol. The molecule has 1 saturated heterocycles. The van der Waals surface area contributed by atoms with Gasteiger partial charge in [-0.2, -0.15) is 0 Å². The summed E-state index contributed by atoms with van der Waals surface area (Å²) in [6.45, 7) is 0.897. The highest BCUT2D eigenvalue weighted by atomic mass is 35.5. The molecule has 1 fully saturated rings. The van der Waals surface area contributed by atoms with E-state index in [1.807, 2.05) is 0 Å². The molecule has 13 heavy (non-hydrogen) atoms. The number of ether oxygens (including phenoxy) is 1. The predicted octanol–water partition coefficient (Wildman–Crippen LogP) is 1.87. The molecule has 1 N–H and O–H groups in total. The highest BCUT2D eigenvalue weighted by Crippen LogP contribution is 2.15. The van der Waals surface area contributed by atoms with Crippen molar-refractivity contribution >= 4 is 11.6 Å². The van der Waals surface area contributed by atoms with E-state index in [0.29, 0.717) is 12.0 Å². The van der Waals surface area contributed by atoms with E-state index in [9.17, 15) is 0 Å². The molecule has 1 atom stereocenters. The zero-order valence-electron chi connectivity index (χ0n) is 7.42. The number of hydrogen-bond donors (Lipinski definition) is 1. The van der Waals surface area contributed by atoms with Gasteiger partial charge in [0.25, 0.3) is 0 Å². The molecule has 4 heteroatoms. The first-order chi connectivity index (χ1) is 6.38. The van der Waals surface area contributed by atoms with Crippen molar-refractivity contribution in [1.82, 2.24) is 9.97 Å². The van der Waals surface area contributed by atoms with Crippen LogP contribution in [0.5, 0.6) is 0 Å². The lowest BCUT2D eigenvalue weighted by Crippen LogP contribution is -2.09. The SMILES string of the molecule is ClCc1cnc(CC2CCCO2)[nH]1. The Kier molecular flexibility index (Phi) is 2.86. The van der Waals surface area contributed by atoms with E-state index in [-0.39, 0.29) is 0 Å². The smallest absolute Gasteiger partial charge is 0.108 e. The third-order valence-electron chi connectivity index (χ3n) is 2.27. The molecule has 0 amide bonds. The summed E-state index contributed by atoms with van der Waals surface area (Å²) in [6, 6.07) is 0. The lowest BCUT2D eigenvalue weighted by molar-refractivity contribution is 0.110. The topological polar surface area (TPSA) is 37.9 Å². The van der Waals surface area contributed by atoms with Crippen molar-refractivity contribution in [3.05, 3.63) is 17.7 Å². The predicted molar refractivity (Wildman–Crippen MR) is 50.8 cm³/mol. The van der Waals surface area contributed by atoms with Gasteiger partial charge < -0.3 is 9.72 Å². The van der Waals surface area contributed by atoms with E-state index in [2.05, 4.69) is 9.97 Å². The zero-order chi connectivity index (χ0) is 9.10. The molecule has 1 aliphatic heterocycles. The van der Waals surface area contributed by atoms with E-state index >= 15 is 0 Å². The number of nitrogens with zero attached hydrogens (tertiary/aromatic N) is 1. The number of H-pyrrole nitrogens is 1. The van der Waals surface area contributed by atoms with Gasteiger partial charge in [0, 0.05) is 24.9 Å². The molecule has 0 bridgehead atoms. The van der Waals surface area contributed by atoms with Crippen LogP contribution in [0.2, 0.25) is 0 Å². The average molecular weight is 201 g/mol. The van der Waals surface area contributed by atoms with Crippen molar-refractivity contribution in [2.75, 3.05) is 6.61 Å². The third-order valence-corrected chi connectivity index (χ3v) is 2.56. The molecule has 0 saturated carbocycles. The number of alkyl halides is 1. The van der Waals surface area contributed by atoms with Gasteiger partial charge in [-0.25, -0.2) is 4.98 Å². The van der Waals surface area contributed by atoms with Crippen LogP contribution in [0.1, 0.15) is 24.4 Å². The Bertz CT molecular complexity index is 268. The van der Waals surface area contributed by atoms with Crippen LogP contribution in [-0.4, -0.2) is 22.7 Å². The molecule has 0 spiro atoms. The number of aromatic amines is 1. The fourth-order valence-corrected chi connectivity index (χ4v) is 1.73. The van der Waals surface area contributed by atoms with Crippen LogP contribution in [0.3, 0.4) is 0 Å². The fourth-order valence-electron chi connectivity index (χ4n) is 1.60. The van der Waals surface area contributed by atoms with Gasteiger partial charge in [-0.05, 0) is 12.8 Å². The summed E-state index contributed by atoms with van der Waals surface area (Å²) < 4.78 is 5.51. The first kappa shape index (κ1) is 9.03. The minimum Gasteiger partial charge on any atom is -0.378 e. The van der Waals surface area contributed by atoms with Crippen LogP contribution < -0.4 is 0 Å². The Morgan fingerprint density at radius 3 is 3.23 bits per heavy atom. The van der Waals surface area contributed by atoms with Crippen LogP contribution in [0, 0.1) is 0 Å². The molecule has 0 aliphatic carbocycles. The summed E-state index contributed by atoms with van der Waals surface area (Å²) in [5.74, 6) is 1.49. The molecule has 1 aromatic rings. The fraction of sp³-hybridized carbons (Fsp3) is 0.667. The summed E-state index contributed by atoms with van der Waals surface area (Å²) in [6.07, 6.45) is 5.35. The summed E-state index contributed by atoms with van der Waals surface area (Å²) in [5.41, 5.74) is 0.981. The summed E-state index contributed by atoms with van der Waals surface area (Å²) in [7, 11) is 0. The zero-order valence-corrected chi connectivity index (χ0v) is 8.18. The van der Waals surface area contributed by atoms with Gasteiger partial charge >= 0.3 is 0 Å². The number of halogens is 1. The minimum atomic E-state index is 0.356. The summed E-state index contributed by atoms with van der Waals surface area (Å²) in [5, 5.41) is 0. The van der Waals surface area contributed by atoms with Crippen molar-refractivity contribution in [2.45, 2.75) is 31.2 Å². The van der Waals surface area contributed by atoms with E-state index in [0.717, 1.165) is 31.0 Å². The summed E-state index contributed by atoms with van der Waals surface area (Å²) >= 11 is 5.65. The van der Waals surface area contributed by atoms with Crippen LogP contribution in [-0.2, 0) is 17.0 Å². The molecule has 72 valence electrons. The molecule has 2 heterocycles. The number of aromatic nitrogens is 2. The van der Waals surface area contributed by atoms with E-state index in [1.165, 1.54) is 6.42 Å². The second-order valence-corrected chi connectivity index (χ2v) is 3.60. The monoisotopic (exact) mass is 200 g/mol. The highest BCUT2D eigenvalue weighted by Gasteiger charge is 2.17. The van der Waals surface area contributed by atoms with Crippen molar-refractivity contribution in [2.24, 2.45) is 0 Å². The van der Waals surface area contributed by atoms with Gasteiger partial charge in [0.2, 0.25) is 0 Å². The Hall–Kier alpha value is -0.540. The molecule has 0 radical (unpaired) electrons. The van der Waals surface area contributed by atoms with Gasteiger partial charge in [0.05, 0.1) is 12.0 Å². The Balaban J connectivity index is 1.92. The molecule has 0 aromatic carbocycles.